The molecule has 0 aliphatic heterocycles. The number of nitrogens with zero attached hydrogens (tertiary/aromatic N) is 2. The average Bonchev–Trinajstić information content (AvgIpc) is 2.78. The summed E-state index contributed by atoms with van der Waals surface area (Å²) < 4.78 is 0. The molecule has 0 unspecified atom stereocenters. The molecule has 0 radical (unpaired) electrons. The third-order valence-electron chi connectivity index (χ3n) is 2.05. The van der Waals surface area contributed by atoms with Gasteiger partial charge in [0.2, 0.25) is 5.01 Å². The number of hydrogen-bond donors (Lipinski definition) is 1. The molecule has 1 aromatic heterocycles. The summed E-state index contributed by atoms with van der Waals surface area (Å²) in [5, 5.41) is 19.2. The zero-order valence-corrected chi connectivity index (χ0v) is 9.18. The van der Waals surface area contributed by atoms with E-state index >= 15 is 0 Å². The third-order valence-corrected chi connectivity index (χ3v) is 3.09. The van der Waals surface area contributed by atoms with Crippen molar-refractivity contribution < 1.29 is 14.8 Å². The Morgan fingerprint density at radius 2 is 2.00 bits per heavy atom. The summed E-state index contributed by atoms with van der Waals surface area (Å²) in [5.74, 6) is -1.08. The Hall–Kier alpha value is -2.28. The standard InChI is InChI=1S/C10H6N2O4S/c13-10(14)9-11-5-8(17-9)6-1-3-7(4-2-6)12(15)16/h1-5H,(H,13,14). The number of non-ortho nitro benzene ring substituents is 1. The van der Waals surface area contributed by atoms with Crippen molar-refractivity contribution in [3.8, 4) is 10.4 Å². The Morgan fingerprint density at radius 1 is 1.35 bits per heavy atom. The highest BCUT2D eigenvalue weighted by Gasteiger charge is 2.11. The quantitative estimate of drug-likeness (QED) is 0.666. The van der Waals surface area contributed by atoms with Crippen LogP contribution in [0.2, 0.25) is 0 Å². The van der Waals surface area contributed by atoms with E-state index in [9.17, 15) is 14.9 Å². The highest BCUT2D eigenvalue weighted by molar-refractivity contribution is 7.16. The van der Waals surface area contributed by atoms with E-state index in [1.54, 1.807) is 12.1 Å². The molecule has 2 rings (SSSR count). The molecule has 6 nitrogen and oxygen atoms in total. The van der Waals surface area contributed by atoms with Crippen LogP contribution in [0.15, 0.2) is 30.5 Å². The summed E-state index contributed by atoms with van der Waals surface area (Å²) in [6, 6.07) is 5.87. The number of carboxylic acid groups (broad SMARTS) is 1. The van der Waals surface area contributed by atoms with Gasteiger partial charge in [-0.1, -0.05) is 0 Å². The number of rotatable bonds is 3. The van der Waals surface area contributed by atoms with Crippen LogP contribution >= 0.6 is 11.3 Å². The van der Waals surface area contributed by atoms with Gasteiger partial charge < -0.3 is 5.11 Å². The van der Waals surface area contributed by atoms with Gasteiger partial charge in [0.05, 0.1) is 9.80 Å². The van der Waals surface area contributed by atoms with Crippen LogP contribution in [0.1, 0.15) is 9.80 Å². The minimum atomic E-state index is -1.08. The maximum Gasteiger partial charge on any atom is 0.365 e. The molecule has 2 aromatic rings. The van der Waals surface area contributed by atoms with Crippen LogP contribution in [0, 0.1) is 10.1 Å². The molecule has 0 bridgehead atoms. The van der Waals surface area contributed by atoms with Gasteiger partial charge in [0, 0.05) is 18.3 Å². The van der Waals surface area contributed by atoms with Crippen LogP contribution in [-0.4, -0.2) is 21.0 Å². The molecule has 0 saturated carbocycles. The summed E-state index contributed by atoms with van der Waals surface area (Å²) >= 11 is 1.03. The molecule has 1 aromatic carbocycles. The van der Waals surface area contributed by atoms with Crippen molar-refractivity contribution >= 4 is 23.0 Å². The first-order chi connectivity index (χ1) is 8.08. The Kier molecular flexibility index (Phi) is 2.84. The van der Waals surface area contributed by atoms with E-state index < -0.39 is 10.9 Å². The Bertz CT molecular complexity index is 576. The number of nitro benzene ring substituents is 1. The topological polar surface area (TPSA) is 93.3 Å². The lowest BCUT2D eigenvalue weighted by Gasteiger charge is -1.95. The number of benzene rings is 1. The number of hydrogen-bond acceptors (Lipinski definition) is 5. The SMILES string of the molecule is O=C(O)c1ncc(-c2ccc([N+](=O)[O-])cc2)s1. The minimum Gasteiger partial charge on any atom is -0.476 e. The van der Waals surface area contributed by atoms with E-state index in [0.29, 0.717) is 10.4 Å². The lowest BCUT2D eigenvalue weighted by molar-refractivity contribution is -0.384. The summed E-state index contributed by atoms with van der Waals surface area (Å²) in [6.07, 6.45) is 1.44. The summed E-state index contributed by atoms with van der Waals surface area (Å²) in [4.78, 5) is 25.0. The molecule has 0 saturated heterocycles. The summed E-state index contributed by atoms with van der Waals surface area (Å²) in [5.41, 5.74) is 0.706. The summed E-state index contributed by atoms with van der Waals surface area (Å²) in [7, 11) is 0. The van der Waals surface area contributed by atoms with Crippen molar-refractivity contribution in [3.05, 3.63) is 45.6 Å². The lowest BCUT2D eigenvalue weighted by atomic mass is 10.2. The molecule has 7 heteroatoms. The zero-order valence-electron chi connectivity index (χ0n) is 8.36. The Labute approximate surface area is 99.3 Å². The van der Waals surface area contributed by atoms with Gasteiger partial charge in [0.15, 0.2) is 0 Å². The van der Waals surface area contributed by atoms with Gasteiger partial charge in [0.25, 0.3) is 5.69 Å². The predicted molar refractivity (Wildman–Crippen MR) is 61.2 cm³/mol. The van der Waals surface area contributed by atoms with E-state index in [1.807, 2.05) is 0 Å². The zero-order chi connectivity index (χ0) is 12.4. The van der Waals surface area contributed by atoms with Crippen molar-refractivity contribution in [2.75, 3.05) is 0 Å². The van der Waals surface area contributed by atoms with Gasteiger partial charge in [0.1, 0.15) is 0 Å². The molecule has 0 aliphatic rings. The van der Waals surface area contributed by atoms with E-state index in [2.05, 4.69) is 4.98 Å². The normalized spacial score (nSPS) is 10.1. The predicted octanol–water partition coefficient (Wildman–Crippen LogP) is 2.42. The van der Waals surface area contributed by atoms with Crippen LogP contribution in [0.4, 0.5) is 5.69 Å². The Morgan fingerprint density at radius 3 is 2.47 bits per heavy atom. The molecular formula is C10H6N2O4S. The highest BCUT2D eigenvalue weighted by atomic mass is 32.1. The van der Waals surface area contributed by atoms with Crippen molar-refractivity contribution in [3.63, 3.8) is 0 Å². The van der Waals surface area contributed by atoms with Crippen LogP contribution in [0.5, 0.6) is 0 Å². The molecular weight excluding hydrogens is 244 g/mol. The van der Waals surface area contributed by atoms with Crippen molar-refractivity contribution in [2.24, 2.45) is 0 Å². The molecule has 0 fully saturated rings. The number of aromatic carboxylic acids is 1. The van der Waals surface area contributed by atoms with Crippen molar-refractivity contribution in [2.45, 2.75) is 0 Å². The molecule has 0 spiro atoms. The number of carboxylic acids is 1. The Balaban J connectivity index is 2.33. The van der Waals surface area contributed by atoms with E-state index in [1.165, 1.54) is 18.3 Å². The lowest BCUT2D eigenvalue weighted by Crippen LogP contribution is -1.92. The first-order valence-electron chi connectivity index (χ1n) is 4.52. The van der Waals surface area contributed by atoms with Gasteiger partial charge in [-0.15, -0.1) is 11.3 Å². The smallest absolute Gasteiger partial charge is 0.365 e. The van der Waals surface area contributed by atoms with Crippen molar-refractivity contribution in [1.29, 1.82) is 0 Å². The van der Waals surface area contributed by atoms with E-state index in [-0.39, 0.29) is 10.7 Å². The maximum absolute atomic E-state index is 10.6. The number of aromatic nitrogens is 1. The van der Waals surface area contributed by atoms with Gasteiger partial charge in [-0.2, -0.15) is 0 Å². The first kappa shape index (κ1) is 11.2. The van der Waals surface area contributed by atoms with E-state index in [0.717, 1.165) is 11.3 Å². The van der Waals surface area contributed by atoms with Crippen LogP contribution < -0.4 is 0 Å². The molecule has 0 aliphatic carbocycles. The van der Waals surface area contributed by atoms with Gasteiger partial charge in [-0.25, -0.2) is 9.78 Å². The number of nitro groups is 1. The van der Waals surface area contributed by atoms with Crippen molar-refractivity contribution in [1.82, 2.24) is 4.98 Å². The maximum atomic E-state index is 10.6. The first-order valence-corrected chi connectivity index (χ1v) is 5.33. The number of carbonyl (C=O) groups is 1. The van der Waals surface area contributed by atoms with E-state index in [4.69, 9.17) is 5.11 Å². The molecule has 1 heterocycles. The second-order valence-electron chi connectivity index (χ2n) is 3.14. The molecule has 0 amide bonds. The molecule has 17 heavy (non-hydrogen) atoms. The fraction of sp³-hybridized carbons (Fsp3) is 0. The molecule has 1 N–H and O–H groups in total. The summed E-state index contributed by atoms with van der Waals surface area (Å²) in [6.45, 7) is 0. The molecule has 86 valence electrons. The molecule has 0 atom stereocenters. The minimum absolute atomic E-state index is 0.00153. The second kappa shape index (κ2) is 4.30. The van der Waals surface area contributed by atoms with Gasteiger partial charge >= 0.3 is 5.97 Å². The van der Waals surface area contributed by atoms with Crippen LogP contribution in [0.3, 0.4) is 0 Å². The largest absolute Gasteiger partial charge is 0.476 e. The van der Waals surface area contributed by atoms with Crippen LogP contribution in [0.25, 0.3) is 10.4 Å². The highest BCUT2D eigenvalue weighted by Crippen LogP contribution is 2.27. The second-order valence-corrected chi connectivity index (χ2v) is 4.17. The number of thiazole rings is 1. The van der Waals surface area contributed by atoms with Gasteiger partial charge in [-0.3, -0.25) is 10.1 Å². The fourth-order valence-corrected chi connectivity index (χ4v) is 2.01. The van der Waals surface area contributed by atoms with Crippen LogP contribution in [-0.2, 0) is 0 Å². The fourth-order valence-electron chi connectivity index (χ4n) is 1.25. The average molecular weight is 250 g/mol. The third kappa shape index (κ3) is 2.28. The monoisotopic (exact) mass is 250 g/mol. The van der Waals surface area contributed by atoms with Gasteiger partial charge in [-0.05, 0) is 17.7 Å².